The zero-order chi connectivity index (χ0) is 12.5. The third kappa shape index (κ3) is 3.42. The van der Waals surface area contributed by atoms with Crippen molar-refractivity contribution in [3.8, 4) is 0 Å². The highest BCUT2D eigenvalue weighted by Crippen LogP contribution is 2.37. The number of hydrogen-bond donors (Lipinski definition) is 1. The van der Waals surface area contributed by atoms with Gasteiger partial charge >= 0.3 is 0 Å². The quantitative estimate of drug-likeness (QED) is 0.722. The molecule has 1 aromatic rings. The number of rotatable bonds is 2. The number of nitrogens with one attached hydrogen (secondary N) is 1. The molecule has 1 fully saturated rings. The molecule has 3 rings (SSSR count). The van der Waals surface area contributed by atoms with Gasteiger partial charge in [0.25, 0.3) is 0 Å². The lowest BCUT2D eigenvalue weighted by molar-refractivity contribution is 0.316. The molecule has 0 unspecified atom stereocenters. The summed E-state index contributed by atoms with van der Waals surface area (Å²) in [5.74, 6) is 1.79. The Morgan fingerprint density at radius 3 is 2.53 bits per heavy atom. The van der Waals surface area contributed by atoms with Gasteiger partial charge in [-0.2, -0.15) is 0 Å². The van der Waals surface area contributed by atoms with E-state index in [-0.39, 0.29) is 24.0 Å². The van der Waals surface area contributed by atoms with E-state index in [1.165, 1.54) is 18.4 Å². The predicted molar refractivity (Wildman–Crippen MR) is 93.4 cm³/mol. The molecule has 0 atom stereocenters. The summed E-state index contributed by atoms with van der Waals surface area (Å²) in [6.45, 7) is 1.98. The normalized spacial score (nSPS) is 25.4. The summed E-state index contributed by atoms with van der Waals surface area (Å²) < 4.78 is 1.15. The highest BCUT2D eigenvalue weighted by Gasteiger charge is 2.31. The van der Waals surface area contributed by atoms with Gasteiger partial charge < -0.3 is 10.2 Å². The summed E-state index contributed by atoms with van der Waals surface area (Å²) >= 11 is 3.48. The molecule has 0 radical (unpaired) electrons. The van der Waals surface area contributed by atoms with Crippen LogP contribution in [0.3, 0.4) is 0 Å². The van der Waals surface area contributed by atoms with Crippen molar-refractivity contribution < 1.29 is 0 Å². The molecule has 0 amide bonds. The third-order valence-corrected chi connectivity index (χ3v) is 4.40. The van der Waals surface area contributed by atoms with Crippen LogP contribution in [-0.2, 0) is 0 Å². The molecular weight excluding hydrogens is 417 g/mol. The average molecular weight is 436 g/mol. The predicted octanol–water partition coefficient (Wildman–Crippen LogP) is 3.20. The van der Waals surface area contributed by atoms with Crippen LogP contribution in [0.1, 0.15) is 24.3 Å². The van der Waals surface area contributed by atoms with Crippen LogP contribution in [0.15, 0.2) is 33.7 Å². The Morgan fingerprint density at radius 2 is 1.95 bits per heavy atom. The first-order chi connectivity index (χ1) is 8.72. The van der Waals surface area contributed by atoms with Crippen LogP contribution in [0.2, 0.25) is 0 Å². The first kappa shape index (κ1) is 15.1. The van der Waals surface area contributed by atoms with Gasteiger partial charge in [0.2, 0.25) is 0 Å². The maximum atomic E-state index is 4.47. The fourth-order valence-corrected chi connectivity index (χ4v) is 2.88. The number of aliphatic imine (C=N–C) groups is 1. The highest BCUT2D eigenvalue weighted by molar-refractivity contribution is 14.0. The summed E-state index contributed by atoms with van der Waals surface area (Å²) in [5.41, 5.74) is 1.46. The van der Waals surface area contributed by atoms with Crippen LogP contribution in [0.4, 0.5) is 0 Å². The highest BCUT2D eigenvalue weighted by atomic mass is 127. The molecule has 0 bridgehead atoms. The number of guanidine groups is 1. The zero-order valence-electron chi connectivity index (χ0n) is 11.0. The van der Waals surface area contributed by atoms with Crippen molar-refractivity contribution in [1.82, 2.24) is 10.2 Å². The van der Waals surface area contributed by atoms with Crippen molar-refractivity contribution in [1.29, 1.82) is 0 Å². The largest absolute Gasteiger partial charge is 0.353 e. The minimum absolute atomic E-state index is 0. The number of benzene rings is 1. The molecule has 1 heterocycles. The maximum Gasteiger partial charge on any atom is 0.194 e. The van der Waals surface area contributed by atoms with Gasteiger partial charge in [-0.1, -0.05) is 28.1 Å². The Bertz CT molecular complexity index is 454. The van der Waals surface area contributed by atoms with Gasteiger partial charge in [0, 0.05) is 24.1 Å². The number of likely N-dealkylation sites (N-methyl/N-ethyl adjacent to an activating group) is 1. The van der Waals surface area contributed by atoms with E-state index in [0.29, 0.717) is 12.0 Å². The van der Waals surface area contributed by atoms with Crippen LogP contribution in [0, 0.1) is 0 Å². The van der Waals surface area contributed by atoms with Gasteiger partial charge in [0.1, 0.15) is 0 Å². The molecule has 0 spiro atoms. The fourth-order valence-electron chi connectivity index (χ4n) is 2.61. The van der Waals surface area contributed by atoms with Crippen molar-refractivity contribution in [2.75, 3.05) is 20.1 Å². The van der Waals surface area contributed by atoms with Gasteiger partial charge in [0.05, 0.1) is 6.54 Å². The molecule has 1 aliphatic heterocycles. The standard InChI is InChI=1S/C14H18BrN3.HI/c1-18-7-6-16-14(18)17-13-8-11(9-13)10-2-4-12(15)5-3-10;/h2-5,11,13H,6-9H2,1H3,(H,16,17);1H. The van der Waals surface area contributed by atoms with Crippen LogP contribution < -0.4 is 5.32 Å². The molecule has 1 saturated carbocycles. The van der Waals surface area contributed by atoms with E-state index in [0.717, 1.165) is 23.5 Å². The second-order valence-electron chi connectivity index (χ2n) is 5.19. The zero-order valence-corrected chi connectivity index (χ0v) is 14.9. The molecule has 2 aliphatic rings. The molecule has 0 aromatic heterocycles. The summed E-state index contributed by atoms with van der Waals surface area (Å²) in [6, 6.07) is 9.31. The van der Waals surface area contributed by atoms with Crippen molar-refractivity contribution in [2.24, 2.45) is 4.99 Å². The Kier molecular flexibility index (Phi) is 5.11. The summed E-state index contributed by atoms with van der Waals surface area (Å²) in [5, 5.41) is 3.54. The third-order valence-electron chi connectivity index (χ3n) is 3.87. The summed E-state index contributed by atoms with van der Waals surface area (Å²) in [6.07, 6.45) is 2.43. The first-order valence-electron chi connectivity index (χ1n) is 6.50. The van der Waals surface area contributed by atoms with Gasteiger partial charge in [-0.15, -0.1) is 24.0 Å². The van der Waals surface area contributed by atoms with Gasteiger partial charge in [-0.25, -0.2) is 0 Å². The van der Waals surface area contributed by atoms with E-state index in [2.05, 4.69) is 62.5 Å². The molecule has 1 aliphatic carbocycles. The smallest absolute Gasteiger partial charge is 0.194 e. The average Bonchev–Trinajstić information content (AvgIpc) is 2.71. The van der Waals surface area contributed by atoms with Crippen molar-refractivity contribution in [2.45, 2.75) is 24.8 Å². The Morgan fingerprint density at radius 1 is 1.26 bits per heavy atom. The fraction of sp³-hybridized carbons (Fsp3) is 0.500. The lowest BCUT2D eigenvalue weighted by Gasteiger charge is -2.37. The Hall–Kier alpha value is -0.300. The number of nitrogens with zero attached hydrogens (tertiary/aromatic N) is 2. The molecule has 5 heteroatoms. The Balaban J connectivity index is 0.00000133. The van der Waals surface area contributed by atoms with Crippen molar-refractivity contribution >= 4 is 45.9 Å². The second-order valence-corrected chi connectivity index (χ2v) is 6.10. The van der Waals surface area contributed by atoms with E-state index in [4.69, 9.17) is 0 Å². The minimum atomic E-state index is 0. The van der Waals surface area contributed by atoms with E-state index >= 15 is 0 Å². The molecule has 1 aromatic carbocycles. The molecule has 104 valence electrons. The van der Waals surface area contributed by atoms with E-state index < -0.39 is 0 Å². The SMILES string of the molecule is CN1CCN=C1NC1CC(c2ccc(Br)cc2)C1.I. The van der Waals surface area contributed by atoms with Crippen LogP contribution in [0.5, 0.6) is 0 Å². The van der Waals surface area contributed by atoms with Crippen molar-refractivity contribution in [3.63, 3.8) is 0 Å². The van der Waals surface area contributed by atoms with E-state index in [1.54, 1.807) is 0 Å². The minimum Gasteiger partial charge on any atom is -0.353 e. The van der Waals surface area contributed by atoms with Crippen LogP contribution in [-0.4, -0.2) is 37.0 Å². The monoisotopic (exact) mass is 435 g/mol. The molecule has 19 heavy (non-hydrogen) atoms. The topological polar surface area (TPSA) is 27.6 Å². The van der Waals surface area contributed by atoms with Crippen LogP contribution in [0.25, 0.3) is 0 Å². The summed E-state index contributed by atoms with van der Waals surface area (Å²) in [4.78, 5) is 6.67. The molecular formula is C14H19BrIN3. The van der Waals surface area contributed by atoms with Gasteiger partial charge in [0.15, 0.2) is 5.96 Å². The number of halogens is 2. The van der Waals surface area contributed by atoms with E-state index in [9.17, 15) is 0 Å². The maximum absolute atomic E-state index is 4.47. The van der Waals surface area contributed by atoms with E-state index in [1.807, 2.05) is 0 Å². The Labute approximate surface area is 140 Å². The lowest BCUT2D eigenvalue weighted by atomic mass is 9.76. The van der Waals surface area contributed by atoms with Crippen LogP contribution >= 0.6 is 39.9 Å². The van der Waals surface area contributed by atoms with Crippen molar-refractivity contribution in [3.05, 3.63) is 34.3 Å². The first-order valence-corrected chi connectivity index (χ1v) is 7.29. The molecule has 1 N–H and O–H groups in total. The van der Waals surface area contributed by atoms with Gasteiger partial charge in [-0.05, 0) is 36.5 Å². The van der Waals surface area contributed by atoms with Gasteiger partial charge in [-0.3, -0.25) is 4.99 Å². The molecule has 3 nitrogen and oxygen atoms in total. The molecule has 0 saturated heterocycles. The number of hydrogen-bond acceptors (Lipinski definition) is 3. The lowest BCUT2D eigenvalue weighted by Crippen LogP contribution is -2.47. The summed E-state index contributed by atoms with van der Waals surface area (Å²) in [7, 11) is 2.10. The second kappa shape index (κ2) is 6.43.